The smallest absolute Gasteiger partial charge is 0.255 e. The number of methoxy groups -OCH3 is 1. The molecule has 12 heteroatoms. The predicted octanol–water partition coefficient (Wildman–Crippen LogP) is 2.60. The number of hydrogen-bond donors (Lipinski definition) is 4. The molecule has 1 saturated heterocycles. The molecule has 0 spiro atoms. The number of aromatic nitrogens is 1. The molecule has 1 aliphatic heterocycles. The summed E-state index contributed by atoms with van der Waals surface area (Å²) in [6.45, 7) is 8.86. The van der Waals surface area contributed by atoms with E-state index in [-0.39, 0.29) is 31.3 Å². The summed E-state index contributed by atoms with van der Waals surface area (Å²) in [5.74, 6) is -2.00. The van der Waals surface area contributed by atoms with Crippen molar-refractivity contribution in [2.24, 2.45) is 11.8 Å². The molecule has 4 atom stereocenters. The van der Waals surface area contributed by atoms with E-state index in [0.29, 0.717) is 28.6 Å². The van der Waals surface area contributed by atoms with Crippen molar-refractivity contribution in [1.82, 2.24) is 31.2 Å². The van der Waals surface area contributed by atoms with Crippen LogP contribution in [0.3, 0.4) is 0 Å². The normalized spacial score (nSPS) is 21.5. The van der Waals surface area contributed by atoms with Gasteiger partial charge in [0.2, 0.25) is 23.6 Å². The van der Waals surface area contributed by atoms with E-state index >= 15 is 0 Å². The number of hydrogen-bond acceptors (Lipinski definition) is 7. The zero-order valence-electron chi connectivity index (χ0n) is 28.4. The highest BCUT2D eigenvalue weighted by Gasteiger charge is 2.33. The maximum atomic E-state index is 14.2. The van der Waals surface area contributed by atoms with Crippen molar-refractivity contribution in [1.29, 1.82) is 0 Å². The molecule has 1 fully saturated rings. The lowest BCUT2D eigenvalue weighted by Gasteiger charge is -2.31. The highest BCUT2D eigenvalue weighted by atomic mass is 16.5. The SMILES string of the molecule is COc1ccc(C[C@@H]2NC(=O)[C@H](CC(C)C)NC(=O)CN(C(=O)c3ccnc4ccccc34)C[C@H](C(C)C)NC(=O)[C@@H](C)NC2=O)cc1. The fourth-order valence-electron chi connectivity index (χ4n) is 5.61. The quantitative estimate of drug-likeness (QED) is 0.304. The molecule has 2 aromatic carbocycles. The van der Waals surface area contributed by atoms with E-state index in [4.69, 9.17) is 4.74 Å². The Hall–Kier alpha value is -5.00. The van der Waals surface area contributed by atoms with Crippen molar-refractivity contribution in [2.75, 3.05) is 20.2 Å². The summed E-state index contributed by atoms with van der Waals surface area (Å²) in [4.78, 5) is 74.4. The fourth-order valence-corrected chi connectivity index (χ4v) is 5.61. The van der Waals surface area contributed by atoms with Crippen LogP contribution in [0.2, 0.25) is 0 Å². The minimum atomic E-state index is -1.04. The summed E-state index contributed by atoms with van der Waals surface area (Å²) in [5, 5.41) is 12.0. The summed E-state index contributed by atoms with van der Waals surface area (Å²) in [7, 11) is 1.55. The lowest BCUT2D eigenvalue weighted by atomic mass is 10.0. The van der Waals surface area contributed by atoms with Gasteiger partial charge in [-0.15, -0.1) is 0 Å². The van der Waals surface area contributed by atoms with Gasteiger partial charge < -0.3 is 30.9 Å². The number of amides is 5. The molecule has 0 bridgehead atoms. The molecule has 48 heavy (non-hydrogen) atoms. The van der Waals surface area contributed by atoms with Gasteiger partial charge in [-0.3, -0.25) is 29.0 Å². The Labute approximate surface area is 281 Å². The zero-order chi connectivity index (χ0) is 35.0. The number of para-hydroxylation sites is 1. The van der Waals surface area contributed by atoms with Crippen molar-refractivity contribution in [3.05, 3.63) is 71.9 Å². The summed E-state index contributed by atoms with van der Waals surface area (Å²) < 4.78 is 5.24. The van der Waals surface area contributed by atoms with Crippen LogP contribution >= 0.6 is 0 Å². The van der Waals surface area contributed by atoms with Crippen LogP contribution in [0.4, 0.5) is 0 Å². The third-order valence-corrected chi connectivity index (χ3v) is 8.39. The highest BCUT2D eigenvalue weighted by molar-refractivity contribution is 6.07. The van der Waals surface area contributed by atoms with E-state index in [9.17, 15) is 24.0 Å². The van der Waals surface area contributed by atoms with Gasteiger partial charge in [0.15, 0.2) is 0 Å². The predicted molar refractivity (Wildman–Crippen MR) is 182 cm³/mol. The first-order valence-corrected chi connectivity index (χ1v) is 16.3. The second-order valence-corrected chi connectivity index (χ2v) is 13.0. The van der Waals surface area contributed by atoms with Gasteiger partial charge in [0.1, 0.15) is 23.9 Å². The Bertz CT molecular complexity index is 1620. The van der Waals surface area contributed by atoms with Crippen molar-refractivity contribution >= 4 is 40.4 Å². The van der Waals surface area contributed by atoms with Crippen molar-refractivity contribution in [2.45, 2.75) is 71.6 Å². The molecule has 0 unspecified atom stereocenters. The number of nitrogens with one attached hydrogen (secondary N) is 4. The van der Waals surface area contributed by atoms with Gasteiger partial charge in [-0.2, -0.15) is 0 Å². The van der Waals surface area contributed by atoms with Gasteiger partial charge in [-0.05, 0) is 55.0 Å². The molecular formula is C36H46N6O6. The van der Waals surface area contributed by atoms with Gasteiger partial charge in [0, 0.05) is 30.6 Å². The van der Waals surface area contributed by atoms with Crippen LogP contribution in [0.25, 0.3) is 10.9 Å². The molecule has 4 rings (SSSR count). The first-order chi connectivity index (χ1) is 22.9. The lowest BCUT2D eigenvalue weighted by molar-refractivity contribution is -0.133. The second kappa shape index (κ2) is 16.2. The Balaban J connectivity index is 1.70. The monoisotopic (exact) mass is 658 g/mol. The van der Waals surface area contributed by atoms with Crippen LogP contribution < -0.4 is 26.0 Å². The van der Waals surface area contributed by atoms with E-state index in [2.05, 4.69) is 26.3 Å². The minimum Gasteiger partial charge on any atom is -0.497 e. The maximum Gasteiger partial charge on any atom is 0.255 e. The molecular weight excluding hydrogens is 612 g/mol. The molecule has 3 aromatic rings. The molecule has 0 aliphatic carbocycles. The topological polar surface area (TPSA) is 159 Å². The second-order valence-electron chi connectivity index (χ2n) is 13.0. The Morgan fingerprint density at radius 1 is 0.875 bits per heavy atom. The number of fused-ring (bicyclic) bond motifs is 1. The minimum absolute atomic E-state index is 0.00805. The number of pyridine rings is 1. The van der Waals surface area contributed by atoms with E-state index in [1.54, 1.807) is 62.7 Å². The molecule has 1 aromatic heterocycles. The maximum absolute atomic E-state index is 14.2. The first kappa shape index (κ1) is 35.8. The van der Waals surface area contributed by atoms with Crippen LogP contribution in [0.1, 0.15) is 57.0 Å². The van der Waals surface area contributed by atoms with Crippen LogP contribution in [0.5, 0.6) is 5.75 Å². The summed E-state index contributed by atoms with van der Waals surface area (Å²) in [5.41, 5.74) is 1.74. The Kier molecular flexibility index (Phi) is 12.1. The lowest BCUT2D eigenvalue weighted by Crippen LogP contribution is -2.57. The summed E-state index contributed by atoms with van der Waals surface area (Å²) >= 11 is 0. The fraction of sp³-hybridized carbons (Fsp3) is 0.444. The van der Waals surface area contributed by atoms with Crippen LogP contribution in [-0.4, -0.2) is 83.8 Å². The number of ether oxygens (including phenoxy) is 1. The third-order valence-electron chi connectivity index (χ3n) is 8.39. The van der Waals surface area contributed by atoms with E-state index < -0.39 is 53.7 Å². The van der Waals surface area contributed by atoms with Gasteiger partial charge >= 0.3 is 0 Å². The first-order valence-electron chi connectivity index (χ1n) is 16.3. The number of benzene rings is 2. The number of carbonyl (C=O) groups is 5. The summed E-state index contributed by atoms with van der Waals surface area (Å²) in [6.07, 6.45) is 1.97. The van der Waals surface area contributed by atoms with E-state index in [1.165, 1.54) is 4.90 Å². The largest absolute Gasteiger partial charge is 0.497 e. The average molecular weight is 659 g/mol. The van der Waals surface area contributed by atoms with E-state index in [0.717, 1.165) is 5.56 Å². The Morgan fingerprint density at radius 2 is 1.56 bits per heavy atom. The molecule has 12 nitrogen and oxygen atoms in total. The number of nitrogens with zero attached hydrogens (tertiary/aromatic N) is 2. The van der Waals surface area contributed by atoms with Crippen LogP contribution in [-0.2, 0) is 25.6 Å². The summed E-state index contributed by atoms with van der Waals surface area (Å²) in [6, 6.07) is 12.4. The van der Waals surface area contributed by atoms with Crippen LogP contribution in [0, 0.1) is 11.8 Å². The average Bonchev–Trinajstić information content (AvgIpc) is 3.05. The van der Waals surface area contributed by atoms with Crippen LogP contribution in [0.15, 0.2) is 60.8 Å². The molecule has 4 N–H and O–H groups in total. The highest BCUT2D eigenvalue weighted by Crippen LogP contribution is 2.20. The zero-order valence-corrected chi connectivity index (χ0v) is 28.4. The standard InChI is InChI=1S/C36H46N6O6/c1-21(2)17-29-35(46)40-30(18-24-11-13-25(48-6)14-12-24)34(45)38-23(5)33(44)41-31(22(3)4)19-42(20-32(43)39-29)36(47)27-15-16-37-28-10-8-7-9-26(27)28/h7-16,21-23,29-31H,17-20H2,1-6H3,(H,38,45)(H,39,43)(H,40,46)(H,41,44)/t23-,29+,30+,31-/m1/s1. The molecule has 0 radical (unpaired) electrons. The molecule has 1 aliphatic rings. The van der Waals surface area contributed by atoms with Gasteiger partial charge in [-0.1, -0.05) is 58.0 Å². The molecule has 256 valence electrons. The number of carbonyl (C=O) groups excluding carboxylic acids is 5. The molecule has 0 saturated carbocycles. The van der Waals surface area contributed by atoms with Gasteiger partial charge in [0.05, 0.1) is 24.7 Å². The van der Waals surface area contributed by atoms with Gasteiger partial charge in [-0.25, -0.2) is 0 Å². The van der Waals surface area contributed by atoms with Crippen molar-refractivity contribution in [3.8, 4) is 5.75 Å². The van der Waals surface area contributed by atoms with Crippen molar-refractivity contribution < 1.29 is 28.7 Å². The molecule has 2 heterocycles. The molecule has 5 amide bonds. The Morgan fingerprint density at radius 3 is 2.23 bits per heavy atom. The van der Waals surface area contributed by atoms with E-state index in [1.807, 2.05) is 39.8 Å². The van der Waals surface area contributed by atoms with Gasteiger partial charge in [0.25, 0.3) is 5.91 Å². The van der Waals surface area contributed by atoms with Crippen molar-refractivity contribution in [3.63, 3.8) is 0 Å². The third kappa shape index (κ3) is 9.30. The number of rotatable bonds is 7.